The first-order valence-corrected chi connectivity index (χ1v) is 10.7. The summed E-state index contributed by atoms with van der Waals surface area (Å²) in [4.78, 5) is 13.0. The molecule has 0 saturated heterocycles. The molecular formula is C27H29NO. The van der Waals surface area contributed by atoms with E-state index in [0.717, 1.165) is 6.42 Å². The fourth-order valence-corrected chi connectivity index (χ4v) is 4.39. The molecular weight excluding hydrogens is 354 g/mol. The summed E-state index contributed by atoms with van der Waals surface area (Å²) in [5, 5.41) is 3.23. The third-order valence-corrected chi connectivity index (χ3v) is 6.04. The number of carbonyl (C=O) groups excluding carboxylic acids is 1. The molecule has 0 aliphatic heterocycles. The van der Waals surface area contributed by atoms with Crippen LogP contribution in [-0.2, 0) is 17.6 Å². The third-order valence-electron chi connectivity index (χ3n) is 6.04. The topological polar surface area (TPSA) is 29.1 Å². The highest BCUT2D eigenvalue weighted by Crippen LogP contribution is 2.29. The molecule has 1 N–H and O–H groups in total. The highest BCUT2D eigenvalue weighted by Gasteiger charge is 2.20. The lowest BCUT2D eigenvalue weighted by molar-refractivity contribution is -0.121. The van der Waals surface area contributed by atoms with Crippen molar-refractivity contribution >= 4 is 5.91 Å². The van der Waals surface area contributed by atoms with Crippen LogP contribution >= 0.6 is 0 Å². The molecule has 0 fully saturated rings. The van der Waals surface area contributed by atoms with Crippen molar-refractivity contribution in [2.75, 3.05) is 0 Å². The van der Waals surface area contributed by atoms with E-state index in [2.05, 4.69) is 54.7 Å². The van der Waals surface area contributed by atoms with Gasteiger partial charge in [-0.2, -0.15) is 0 Å². The van der Waals surface area contributed by atoms with E-state index in [1.54, 1.807) is 0 Å². The zero-order valence-electron chi connectivity index (χ0n) is 17.1. The number of hydrogen-bond acceptors (Lipinski definition) is 1. The first-order valence-electron chi connectivity index (χ1n) is 10.7. The normalized spacial score (nSPS) is 14.3. The van der Waals surface area contributed by atoms with Crippen LogP contribution in [0, 0.1) is 0 Å². The molecule has 3 aromatic rings. The van der Waals surface area contributed by atoms with Gasteiger partial charge in [-0.15, -0.1) is 0 Å². The molecule has 29 heavy (non-hydrogen) atoms. The van der Waals surface area contributed by atoms with Crippen molar-refractivity contribution in [1.29, 1.82) is 0 Å². The molecule has 0 saturated carbocycles. The standard InChI is InChI=1S/C27H29NO/c1-20(24-17-16-21-10-8-9-15-25(21)18-24)28-27(29)19-26(22-11-4-2-5-12-22)23-13-6-3-7-14-23/h2-7,11-14,16-18,20,26H,8-10,15,19H2,1H3,(H,28,29). The molecule has 3 aromatic carbocycles. The second-order valence-electron chi connectivity index (χ2n) is 8.10. The third kappa shape index (κ3) is 4.76. The molecule has 0 heterocycles. The van der Waals surface area contributed by atoms with E-state index < -0.39 is 0 Å². The molecule has 1 amide bonds. The van der Waals surface area contributed by atoms with Crippen LogP contribution in [0.5, 0.6) is 0 Å². The number of benzene rings is 3. The Morgan fingerprint density at radius 1 is 0.793 bits per heavy atom. The number of carbonyl (C=O) groups is 1. The van der Waals surface area contributed by atoms with Crippen molar-refractivity contribution in [2.24, 2.45) is 0 Å². The van der Waals surface area contributed by atoms with E-state index >= 15 is 0 Å². The molecule has 0 aromatic heterocycles. The fraction of sp³-hybridized carbons (Fsp3) is 0.296. The molecule has 0 spiro atoms. The minimum absolute atomic E-state index is 0.0157. The second-order valence-corrected chi connectivity index (χ2v) is 8.10. The molecule has 1 atom stereocenters. The minimum atomic E-state index is 0.0157. The number of hydrogen-bond donors (Lipinski definition) is 1. The van der Waals surface area contributed by atoms with Crippen molar-refractivity contribution in [2.45, 2.75) is 51.0 Å². The summed E-state index contributed by atoms with van der Waals surface area (Å²) in [5.74, 6) is 0.154. The maximum Gasteiger partial charge on any atom is 0.221 e. The molecule has 2 nitrogen and oxygen atoms in total. The Balaban J connectivity index is 1.48. The molecule has 1 aliphatic rings. The van der Waals surface area contributed by atoms with Crippen molar-refractivity contribution in [1.82, 2.24) is 5.32 Å². The van der Waals surface area contributed by atoms with Crippen LogP contribution in [0.4, 0.5) is 0 Å². The highest BCUT2D eigenvalue weighted by molar-refractivity contribution is 5.78. The summed E-state index contributed by atoms with van der Waals surface area (Å²) in [7, 11) is 0. The van der Waals surface area contributed by atoms with Gasteiger partial charge >= 0.3 is 0 Å². The molecule has 148 valence electrons. The van der Waals surface area contributed by atoms with E-state index in [1.807, 2.05) is 36.4 Å². The van der Waals surface area contributed by atoms with Gasteiger partial charge < -0.3 is 5.32 Å². The molecule has 0 radical (unpaired) electrons. The fourth-order valence-electron chi connectivity index (χ4n) is 4.39. The molecule has 1 aliphatic carbocycles. The average molecular weight is 384 g/mol. The number of aryl methyl sites for hydroxylation is 2. The summed E-state index contributed by atoms with van der Waals surface area (Å²) in [6, 6.07) is 27.4. The van der Waals surface area contributed by atoms with Crippen LogP contribution in [-0.4, -0.2) is 5.91 Å². The largest absolute Gasteiger partial charge is 0.350 e. The maximum absolute atomic E-state index is 13.0. The van der Waals surface area contributed by atoms with Crippen LogP contribution in [0.15, 0.2) is 78.9 Å². The summed E-state index contributed by atoms with van der Waals surface area (Å²) in [5.41, 5.74) is 6.49. The van der Waals surface area contributed by atoms with Crippen LogP contribution in [0.2, 0.25) is 0 Å². The van der Waals surface area contributed by atoms with Crippen molar-refractivity contribution in [3.63, 3.8) is 0 Å². The Hall–Kier alpha value is -2.87. The van der Waals surface area contributed by atoms with Gasteiger partial charge in [-0.05, 0) is 60.4 Å². The first kappa shape index (κ1) is 19.4. The quantitative estimate of drug-likeness (QED) is 0.559. The number of nitrogens with one attached hydrogen (secondary N) is 1. The van der Waals surface area contributed by atoms with E-state index in [9.17, 15) is 4.79 Å². The van der Waals surface area contributed by atoms with Gasteiger partial charge in [0.25, 0.3) is 0 Å². The van der Waals surface area contributed by atoms with Gasteiger partial charge in [-0.25, -0.2) is 0 Å². The number of amides is 1. The van der Waals surface area contributed by atoms with Gasteiger partial charge in [0.2, 0.25) is 5.91 Å². The predicted molar refractivity (Wildman–Crippen MR) is 119 cm³/mol. The van der Waals surface area contributed by atoms with Crippen LogP contribution < -0.4 is 5.32 Å². The highest BCUT2D eigenvalue weighted by atomic mass is 16.1. The monoisotopic (exact) mass is 383 g/mol. The Bertz CT molecular complexity index is 909. The van der Waals surface area contributed by atoms with Gasteiger partial charge in [0, 0.05) is 12.3 Å². The van der Waals surface area contributed by atoms with Crippen molar-refractivity contribution in [3.05, 3.63) is 107 Å². The summed E-state index contributed by atoms with van der Waals surface area (Å²) in [6.45, 7) is 2.09. The number of fused-ring (bicyclic) bond motifs is 1. The summed E-state index contributed by atoms with van der Waals surface area (Å²) >= 11 is 0. The average Bonchev–Trinajstić information content (AvgIpc) is 2.78. The SMILES string of the molecule is CC(NC(=O)CC(c1ccccc1)c1ccccc1)c1ccc2c(c1)CCCC2. The molecule has 2 heteroatoms. The van der Waals surface area contributed by atoms with Crippen molar-refractivity contribution < 1.29 is 4.79 Å². The Morgan fingerprint density at radius 2 is 1.38 bits per heavy atom. The van der Waals surface area contributed by atoms with E-state index in [1.165, 1.54) is 47.1 Å². The van der Waals surface area contributed by atoms with Crippen LogP contribution in [0.1, 0.15) is 66.0 Å². The Labute approximate surface area is 174 Å². The smallest absolute Gasteiger partial charge is 0.221 e. The van der Waals surface area contributed by atoms with Crippen molar-refractivity contribution in [3.8, 4) is 0 Å². The Kier molecular flexibility index (Phi) is 6.09. The molecule has 0 bridgehead atoms. The Morgan fingerprint density at radius 3 is 2.00 bits per heavy atom. The number of rotatable bonds is 6. The van der Waals surface area contributed by atoms with Gasteiger partial charge in [0.1, 0.15) is 0 Å². The zero-order chi connectivity index (χ0) is 20.1. The lowest BCUT2D eigenvalue weighted by atomic mass is 9.88. The second kappa shape index (κ2) is 9.09. The van der Waals surface area contributed by atoms with Gasteiger partial charge in [-0.1, -0.05) is 78.9 Å². The molecule has 4 rings (SSSR count). The first-order chi connectivity index (χ1) is 14.2. The van der Waals surface area contributed by atoms with Crippen LogP contribution in [0.3, 0.4) is 0 Å². The minimum Gasteiger partial charge on any atom is -0.350 e. The van der Waals surface area contributed by atoms with Gasteiger partial charge in [0.05, 0.1) is 6.04 Å². The maximum atomic E-state index is 13.0. The lowest BCUT2D eigenvalue weighted by Gasteiger charge is -2.22. The van der Waals surface area contributed by atoms with Gasteiger partial charge in [0.15, 0.2) is 0 Å². The van der Waals surface area contributed by atoms with Crippen LogP contribution in [0.25, 0.3) is 0 Å². The summed E-state index contributed by atoms with van der Waals surface area (Å²) in [6.07, 6.45) is 5.36. The van der Waals surface area contributed by atoms with E-state index in [4.69, 9.17) is 0 Å². The zero-order valence-corrected chi connectivity index (χ0v) is 17.1. The van der Waals surface area contributed by atoms with E-state index in [-0.39, 0.29) is 17.9 Å². The lowest BCUT2D eigenvalue weighted by Crippen LogP contribution is -2.28. The van der Waals surface area contributed by atoms with Gasteiger partial charge in [-0.3, -0.25) is 4.79 Å². The summed E-state index contributed by atoms with van der Waals surface area (Å²) < 4.78 is 0. The van der Waals surface area contributed by atoms with E-state index in [0.29, 0.717) is 6.42 Å². The predicted octanol–water partition coefficient (Wildman–Crippen LogP) is 5.96. The molecule has 1 unspecified atom stereocenters.